The lowest BCUT2D eigenvalue weighted by molar-refractivity contribution is 0.351. The van der Waals surface area contributed by atoms with Crippen LogP contribution in [0.4, 0.5) is 0 Å². The number of benzene rings is 1. The second-order valence-corrected chi connectivity index (χ2v) is 4.64. The van der Waals surface area contributed by atoms with Crippen LogP contribution in [0.25, 0.3) is 0 Å². The molecule has 0 saturated carbocycles. The minimum Gasteiger partial charge on any atom is -0.338 e. The van der Waals surface area contributed by atoms with Gasteiger partial charge in [-0.05, 0) is 18.2 Å². The third-order valence-corrected chi connectivity index (χ3v) is 2.92. The summed E-state index contributed by atoms with van der Waals surface area (Å²) < 4.78 is 5.15. The van der Waals surface area contributed by atoms with Gasteiger partial charge in [-0.15, -0.1) is 0 Å². The molecule has 4 nitrogen and oxygen atoms in total. The van der Waals surface area contributed by atoms with Gasteiger partial charge in [0.05, 0.1) is 11.8 Å². The van der Waals surface area contributed by atoms with E-state index in [2.05, 4.69) is 10.1 Å². The van der Waals surface area contributed by atoms with Gasteiger partial charge in [-0.1, -0.05) is 35.5 Å². The largest absolute Gasteiger partial charge is 0.338 e. The first-order valence-electron chi connectivity index (χ1n) is 5.40. The van der Waals surface area contributed by atoms with E-state index in [1.54, 1.807) is 11.8 Å². The van der Waals surface area contributed by atoms with Crippen molar-refractivity contribution in [2.75, 3.05) is 6.26 Å². The van der Waals surface area contributed by atoms with Gasteiger partial charge in [-0.2, -0.15) is 16.7 Å². The third-order valence-electron chi connectivity index (χ3n) is 2.37. The Balaban J connectivity index is 2.01. The van der Waals surface area contributed by atoms with Crippen LogP contribution in [-0.2, 0) is 12.2 Å². The van der Waals surface area contributed by atoms with Crippen LogP contribution in [-0.4, -0.2) is 16.4 Å². The molecule has 1 heterocycles. The van der Waals surface area contributed by atoms with Crippen LogP contribution >= 0.6 is 11.8 Å². The summed E-state index contributed by atoms with van der Waals surface area (Å²) in [5, 5.41) is 3.88. The average Bonchev–Trinajstić information content (AvgIpc) is 2.79. The summed E-state index contributed by atoms with van der Waals surface area (Å²) in [5.74, 6) is 1.97. The van der Waals surface area contributed by atoms with Gasteiger partial charge in [0.15, 0.2) is 5.82 Å². The zero-order valence-electron chi connectivity index (χ0n) is 9.67. The maximum atomic E-state index is 6.03. The van der Waals surface area contributed by atoms with Crippen LogP contribution in [0.1, 0.15) is 23.3 Å². The molecule has 2 N–H and O–H groups in total. The molecule has 90 valence electrons. The van der Waals surface area contributed by atoms with Gasteiger partial charge in [0.25, 0.3) is 0 Å². The Kier molecular flexibility index (Phi) is 4.17. The maximum Gasteiger partial charge on any atom is 0.243 e. The Hall–Kier alpha value is -1.33. The summed E-state index contributed by atoms with van der Waals surface area (Å²) in [5.41, 5.74) is 7.20. The molecular weight excluding hydrogens is 234 g/mol. The highest BCUT2D eigenvalue weighted by atomic mass is 32.2. The zero-order chi connectivity index (χ0) is 12.1. The molecule has 1 aromatic carbocycles. The Labute approximate surface area is 105 Å². The topological polar surface area (TPSA) is 64.9 Å². The summed E-state index contributed by atoms with van der Waals surface area (Å²) in [7, 11) is 0. The number of thioether (sulfide) groups is 1. The van der Waals surface area contributed by atoms with Crippen LogP contribution in [0.2, 0.25) is 0 Å². The van der Waals surface area contributed by atoms with E-state index < -0.39 is 0 Å². The summed E-state index contributed by atoms with van der Waals surface area (Å²) in [6.07, 6.45) is 2.71. The normalized spacial score (nSPS) is 12.6. The van der Waals surface area contributed by atoms with E-state index in [0.29, 0.717) is 18.1 Å². The van der Waals surface area contributed by atoms with E-state index in [-0.39, 0.29) is 6.04 Å². The molecule has 0 fully saturated rings. The molecule has 1 atom stereocenters. The molecule has 0 aliphatic rings. The number of hydrogen-bond donors (Lipinski definition) is 1. The predicted octanol–water partition coefficient (Wildman–Crippen LogP) is 2.18. The highest BCUT2D eigenvalue weighted by molar-refractivity contribution is 7.97. The van der Waals surface area contributed by atoms with E-state index >= 15 is 0 Å². The van der Waals surface area contributed by atoms with Crippen LogP contribution < -0.4 is 5.73 Å². The minimum atomic E-state index is -0.236. The molecule has 0 bridgehead atoms. The van der Waals surface area contributed by atoms with E-state index in [4.69, 9.17) is 10.3 Å². The summed E-state index contributed by atoms with van der Waals surface area (Å²) in [6, 6.07) is 9.82. The van der Waals surface area contributed by atoms with Gasteiger partial charge in [0, 0.05) is 0 Å². The van der Waals surface area contributed by atoms with Crippen LogP contribution in [0.5, 0.6) is 0 Å². The second-order valence-electron chi connectivity index (χ2n) is 3.78. The molecule has 0 saturated heterocycles. The Morgan fingerprint density at radius 2 is 2.12 bits per heavy atom. The quantitative estimate of drug-likeness (QED) is 0.879. The lowest BCUT2D eigenvalue weighted by Gasteiger charge is -2.05. The molecule has 0 aliphatic heterocycles. The first kappa shape index (κ1) is 12.1. The standard InChI is InChI=1S/C12H15N3OS/c1-17-8-11-14-12(16-15-11)10(13)7-9-5-3-2-4-6-9/h2-6,10H,7-8,13H2,1H3/t10-/m0/s1. The van der Waals surface area contributed by atoms with Crippen molar-refractivity contribution in [3.8, 4) is 0 Å². The molecule has 5 heteroatoms. The summed E-state index contributed by atoms with van der Waals surface area (Å²) in [6.45, 7) is 0. The first-order chi connectivity index (χ1) is 8.29. The molecule has 17 heavy (non-hydrogen) atoms. The average molecular weight is 249 g/mol. The molecule has 0 aliphatic carbocycles. The van der Waals surface area contributed by atoms with Gasteiger partial charge >= 0.3 is 0 Å². The van der Waals surface area contributed by atoms with Crippen LogP contribution in [0.3, 0.4) is 0 Å². The molecule has 2 rings (SSSR count). The van der Waals surface area contributed by atoms with E-state index in [9.17, 15) is 0 Å². The Morgan fingerprint density at radius 3 is 2.82 bits per heavy atom. The van der Waals surface area contributed by atoms with Gasteiger partial charge in [-0.3, -0.25) is 0 Å². The number of rotatable bonds is 5. The van der Waals surface area contributed by atoms with E-state index in [0.717, 1.165) is 5.75 Å². The summed E-state index contributed by atoms with van der Waals surface area (Å²) >= 11 is 1.66. The van der Waals surface area contributed by atoms with Crippen LogP contribution in [0, 0.1) is 0 Å². The lowest BCUT2D eigenvalue weighted by atomic mass is 10.1. The number of hydrogen-bond acceptors (Lipinski definition) is 5. The number of nitrogens with zero attached hydrogens (tertiary/aromatic N) is 2. The van der Waals surface area contributed by atoms with Crippen molar-refractivity contribution in [1.82, 2.24) is 10.1 Å². The first-order valence-corrected chi connectivity index (χ1v) is 6.80. The fourth-order valence-electron chi connectivity index (χ4n) is 1.56. The van der Waals surface area contributed by atoms with Gasteiger partial charge in [0.2, 0.25) is 5.89 Å². The highest BCUT2D eigenvalue weighted by Crippen LogP contribution is 2.15. The Bertz CT molecular complexity index is 458. The van der Waals surface area contributed by atoms with E-state index in [1.165, 1.54) is 5.56 Å². The van der Waals surface area contributed by atoms with Crippen molar-refractivity contribution in [3.63, 3.8) is 0 Å². The molecule has 1 aromatic heterocycles. The number of aromatic nitrogens is 2. The monoisotopic (exact) mass is 249 g/mol. The lowest BCUT2D eigenvalue weighted by Crippen LogP contribution is -2.13. The molecule has 0 unspecified atom stereocenters. The van der Waals surface area contributed by atoms with Crippen molar-refractivity contribution in [1.29, 1.82) is 0 Å². The molecule has 2 aromatic rings. The smallest absolute Gasteiger partial charge is 0.243 e. The zero-order valence-corrected chi connectivity index (χ0v) is 10.5. The molecule has 0 spiro atoms. The molecular formula is C12H15N3OS. The summed E-state index contributed by atoms with van der Waals surface area (Å²) in [4.78, 5) is 4.27. The van der Waals surface area contributed by atoms with Crippen molar-refractivity contribution in [2.24, 2.45) is 5.73 Å². The van der Waals surface area contributed by atoms with Gasteiger partial charge in [0.1, 0.15) is 0 Å². The van der Waals surface area contributed by atoms with Crippen molar-refractivity contribution in [2.45, 2.75) is 18.2 Å². The fourth-order valence-corrected chi connectivity index (χ4v) is 1.94. The third kappa shape index (κ3) is 3.31. The Morgan fingerprint density at radius 1 is 1.35 bits per heavy atom. The molecule has 0 radical (unpaired) electrons. The van der Waals surface area contributed by atoms with Crippen molar-refractivity contribution >= 4 is 11.8 Å². The predicted molar refractivity (Wildman–Crippen MR) is 68.6 cm³/mol. The minimum absolute atomic E-state index is 0.236. The van der Waals surface area contributed by atoms with E-state index in [1.807, 2.05) is 36.6 Å². The van der Waals surface area contributed by atoms with Gasteiger partial charge in [-0.25, -0.2) is 0 Å². The van der Waals surface area contributed by atoms with Crippen LogP contribution in [0.15, 0.2) is 34.9 Å². The van der Waals surface area contributed by atoms with Crippen molar-refractivity contribution < 1.29 is 4.52 Å². The highest BCUT2D eigenvalue weighted by Gasteiger charge is 2.14. The van der Waals surface area contributed by atoms with Crippen molar-refractivity contribution in [3.05, 3.63) is 47.6 Å². The SMILES string of the molecule is CSCc1noc([C@@H](N)Cc2ccccc2)n1. The number of nitrogens with two attached hydrogens (primary N) is 1. The maximum absolute atomic E-state index is 6.03. The molecule has 0 amide bonds. The van der Waals surface area contributed by atoms with Gasteiger partial charge < -0.3 is 10.3 Å². The fraction of sp³-hybridized carbons (Fsp3) is 0.333. The second kappa shape index (κ2) is 5.84.